The van der Waals surface area contributed by atoms with Crippen LogP contribution in [0.25, 0.3) is 0 Å². The van der Waals surface area contributed by atoms with Gasteiger partial charge in [-0.1, -0.05) is 58.7 Å². The van der Waals surface area contributed by atoms with Crippen LogP contribution in [0.15, 0.2) is 59.1 Å². The molecule has 1 aliphatic rings. The average molecular weight is 360 g/mol. The Bertz CT molecular complexity index is 581. The Morgan fingerprint density at radius 2 is 1.95 bits per heavy atom. The summed E-state index contributed by atoms with van der Waals surface area (Å²) in [4.78, 5) is 0. The molecule has 0 aromatic heterocycles. The lowest BCUT2D eigenvalue weighted by Gasteiger charge is -2.28. The molecular formula is C19H22BrNO. The summed E-state index contributed by atoms with van der Waals surface area (Å²) in [5.41, 5.74) is 1.25. The molecule has 2 nitrogen and oxygen atoms in total. The summed E-state index contributed by atoms with van der Waals surface area (Å²) in [5, 5.41) is 3.63. The third-order valence-electron chi connectivity index (χ3n) is 4.16. The minimum Gasteiger partial charge on any atom is -0.486 e. The van der Waals surface area contributed by atoms with Crippen molar-refractivity contribution in [2.45, 2.75) is 37.8 Å². The number of nitrogens with one attached hydrogen (secondary N) is 1. The number of halogens is 1. The van der Waals surface area contributed by atoms with Gasteiger partial charge in [-0.25, -0.2) is 0 Å². The van der Waals surface area contributed by atoms with Crippen LogP contribution in [0.1, 0.15) is 37.4 Å². The van der Waals surface area contributed by atoms with E-state index in [1.54, 1.807) is 0 Å². The zero-order chi connectivity index (χ0) is 15.2. The van der Waals surface area contributed by atoms with Gasteiger partial charge in [-0.3, -0.25) is 0 Å². The highest BCUT2D eigenvalue weighted by molar-refractivity contribution is 9.10. The molecule has 1 aliphatic heterocycles. The second-order valence-corrected chi connectivity index (χ2v) is 6.77. The second kappa shape index (κ2) is 7.80. The van der Waals surface area contributed by atoms with Gasteiger partial charge in [0.2, 0.25) is 0 Å². The van der Waals surface area contributed by atoms with E-state index in [-0.39, 0.29) is 6.10 Å². The summed E-state index contributed by atoms with van der Waals surface area (Å²) in [7, 11) is 0. The molecule has 0 bridgehead atoms. The van der Waals surface area contributed by atoms with Gasteiger partial charge in [-0.2, -0.15) is 0 Å². The maximum Gasteiger partial charge on any atom is 0.125 e. The first-order chi connectivity index (χ1) is 10.8. The van der Waals surface area contributed by atoms with Crippen molar-refractivity contribution >= 4 is 15.9 Å². The fourth-order valence-electron chi connectivity index (χ4n) is 3.01. The topological polar surface area (TPSA) is 21.3 Å². The fourth-order valence-corrected chi connectivity index (χ4v) is 3.39. The molecule has 3 rings (SSSR count). The maximum absolute atomic E-state index is 6.31. The van der Waals surface area contributed by atoms with Gasteiger partial charge in [-0.05, 0) is 43.1 Å². The van der Waals surface area contributed by atoms with Crippen molar-refractivity contribution < 1.29 is 4.74 Å². The van der Waals surface area contributed by atoms with Crippen molar-refractivity contribution in [2.75, 3.05) is 6.54 Å². The molecule has 1 heterocycles. The largest absolute Gasteiger partial charge is 0.486 e. The second-order valence-electron chi connectivity index (χ2n) is 5.86. The summed E-state index contributed by atoms with van der Waals surface area (Å²) in [6.07, 6.45) is 4.95. The first-order valence-electron chi connectivity index (χ1n) is 8.02. The maximum atomic E-state index is 6.31. The van der Waals surface area contributed by atoms with Crippen LogP contribution in [0.4, 0.5) is 0 Å². The van der Waals surface area contributed by atoms with Crippen LogP contribution in [-0.2, 0) is 0 Å². The zero-order valence-corrected chi connectivity index (χ0v) is 14.3. The summed E-state index contributed by atoms with van der Waals surface area (Å²) in [5.74, 6) is 0.916. The summed E-state index contributed by atoms with van der Waals surface area (Å²) < 4.78 is 7.36. The molecule has 3 heteroatoms. The highest BCUT2D eigenvalue weighted by Gasteiger charge is 2.21. The third-order valence-corrected chi connectivity index (χ3v) is 4.65. The molecule has 22 heavy (non-hydrogen) atoms. The molecule has 0 amide bonds. The number of hydrogen-bond acceptors (Lipinski definition) is 2. The van der Waals surface area contributed by atoms with Crippen molar-refractivity contribution in [3.63, 3.8) is 0 Å². The normalized spacial score (nSPS) is 19.6. The molecule has 0 aliphatic carbocycles. The SMILES string of the molecule is Brc1cccc(OC(CC2CCCCN2)c2ccccc2)c1. The van der Waals surface area contributed by atoms with Crippen LogP contribution in [0.3, 0.4) is 0 Å². The minimum atomic E-state index is 0.0890. The number of piperidine rings is 1. The lowest BCUT2D eigenvalue weighted by Crippen LogP contribution is -2.36. The highest BCUT2D eigenvalue weighted by atomic mass is 79.9. The number of rotatable bonds is 5. The van der Waals surface area contributed by atoms with E-state index < -0.39 is 0 Å². The van der Waals surface area contributed by atoms with Crippen molar-refractivity contribution in [1.29, 1.82) is 0 Å². The van der Waals surface area contributed by atoms with Gasteiger partial charge in [0.1, 0.15) is 11.9 Å². The van der Waals surface area contributed by atoms with Gasteiger partial charge >= 0.3 is 0 Å². The molecule has 0 saturated carbocycles. The summed E-state index contributed by atoms with van der Waals surface area (Å²) >= 11 is 3.51. The van der Waals surface area contributed by atoms with Gasteiger partial charge in [0, 0.05) is 16.9 Å². The van der Waals surface area contributed by atoms with E-state index >= 15 is 0 Å². The van der Waals surface area contributed by atoms with Crippen LogP contribution >= 0.6 is 15.9 Å². The molecule has 116 valence electrons. The molecule has 2 aromatic rings. The van der Waals surface area contributed by atoms with Crippen LogP contribution in [0.2, 0.25) is 0 Å². The predicted molar refractivity (Wildman–Crippen MR) is 94.2 cm³/mol. The lowest BCUT2D eigenvalue weighted by atomic mass is 9.96. The third kappa shape index (κ3) is 4.34. The summed E-state index contributed by atoms with van der Waals surface area (Å²) in [6, 6.07) is 19.2. The van der Waals surface area contributed by atoms with E-state index in [0.717, 1.165) is 23.2 Å². The lowest BCUT2D eigenvalue weighted by molar-refractivity contribution is 0.169. The van der Waals surface area contributed by atoms with Gasteiger partial charge in [0.15, 0.2) is 0 Å². The Balaban J connectivity index is 1.76. The van der Waals surface area contributed by atoms with E-state index in [1.165, 1.54) is 24.8 Å². The molecular weight excluding hydrogens is 338 g/mol. The number of hydrogen-bond donors (Lipinski definition) is 1. The van der Waals surface area contributed by atoms with Crippen molar-refractivity contribution in [1.82, 2.24) is 5.32 Å². The van der Waals surface area contributed by atoms with Crippen molar-refractivity contribution in [3.05, 3.63) is 64.6 Å². The Labute approximate surface area is 141 Å². The van der Waals surface area contributed by atoms with E-state index in [9.17, 15) is 0 Å². The molecule has 2 atom stereocenters. The quantitative estimate of drug-likeness (QED) is 0.801. The van der Waals surface area contributed by atoms with Crippen molar-refractivity contribution in [3.8, 4) is 5.75 Å². The number of ether oxygens (including phenoxy) is 1. The summed E-state index contributed by atoms with van der Waals surface area (Å²) in [6.45, 7) is 1.13. The van der Waals surface area contributed by atoms with Gasteiger partial charge in [0.05, 0.1) is 0 Å². The molecule has 1 saturated heterocycles. The zero-order valence-electron chi connectivity index (χ0n) is 12.7. The van der Waals surface area contributed by atoms with Gasteiger partial charge < -0.3 is 10.1 Å². The fraction of sp³-hybridized carbons (Fsp3) is 0.368. The van der Waals surface area contributed by atoms with E-state index in [0.29, 0.717) is 6.04 Å². The number of benzene rings is 2. The van der Waals surface area contributed by atoms with E-state index in [2.05, 4.69) is 51.6 Å². The molecule has 2 aromatic carbocycles. The monoisotopic (exact) mass is 359 g/mol. The smallest absolute Gasteiger partial charge is 0.125 e. The van der Waals surface area contributed by atoms with E-state index in [1.807, 2.05) is 24.3 Å². The molecule has 1 fully saturated rings. The van der Waals surface area contributed by atoms with Crippen molar-refractivity contribution in [2.24, 2.45) is 0 Å². The highest BCUT2D eigenvalue weighted by Crippen LogP contribution is 2.29. The first kappa shape index (κ1) is 15.6. The molecule has 1 N–H and O–H groups in total. The molecule has 0 radical (unpaired) electrons. The van der Waals surface area contributed by atoms with Gasteiger partial charge in [-0.15, -0.1) is 0 Å². The van der Waals surface area contributed by atoms with Crippen LogP contribution < -0.4 is 10.1 Å². The van der Waals surface area contributed by atoms with Crippen LogP contribution in [0.5, 0.6) is 5.75 Å². The van der Waals surface area contributed by atoms with E-state index in [4.69, 9.17) is 4.74 Å². The predicted octanol–water partition coefficient (Wildman–Crippen LogP) is 5.10. The first-order valence-corrected chi connectivity index (χ1v) is 8.81. The average Bonchev–Trinajstić information content (AvgIpc) is 2.56. The molecule has 2 unspecified atom stereocenters. The Morgan fingerprint density at radius 1 is 1.09 bits per heavy atom. The Kier molecular flexibility index (Phi) is 5.52. The van der Waals surface area contributed by atoms with Crippen LogP contribution in [0, 0.1) is 0 Å². The Hall–Kier alpha value is -1.32. The Morgan fingerprint density at radius 3 is 2.68 bits per heavy atom. The van der Waals surface area contributed by atoms with Gasteiger partial charge in [0.25, 0.3) is 0 Å². The van der Waals surface area contributed by atoms with Crippen LogP contribution in [-0.4, -0.2) is 12.6 Å². The molecule has 0 spiro atoms. The standard InChI is InChI=1S/C19H22BrNO/c20-16-9-6-11-18(13-16)22-19(15-7-2-1-3-8-15)14-17-10-4-5-12-21-17/h1-3,6-9,11,13,17,19,21H,4-5,10,12,14H2. The minimum absolute atomic E-state index is 0.0890.